The van der Waals surface area contributed by atoms with Crippen LogP contribution in [0.25, 0.3) is 11.3 Å². The van der Waals surface area contributed by atoms with Crippen LogP contribution >= 0.6 is 31.9 Å². The average Bonchev–Trinajstić information content (AvgIpc) is 2.84. The molecule has 0 saturated carbocycles. The highest BCUT2D eigenvalue weighted by Gasteiger charge is 2.09. The van der Waals surface area contributed by atoms with Gasteiger partial charge in [0.2, 0.25) is 0 Å². The largest absolute Gasteiger partial charge is 0.460 e. The van der Waals surface area contributed by atoms with Gasteiger partial charge in [-0.05, 0) is 59.6 Å². The molecule has 1 aromatic heterocycles. The fraction of sp³-hybridized carbons (Fsp3) is 0.333. The van der Waals surface area contributed by atoms with E-state index in [1.807, 2.05) is 30.3 Å². The molecular weight excluding hydrogens is 370 g/mol. The van der Waals surface area contributed by atoms with Gasteiger partial charge in [-0.2, -0.15) is 0 Å². The Hall–Kier alpha value is -0.580. The van der Waals surface area contributed by atoms with Crippen LogP contribution in [0.15, 0.2) is 43.7 Å². The summed E-state index contributed by atoms with van der Waals surface area (Å²) in [7, 11) is 0. The van der Waals surface area contributed by atoms with Gasteiger partial charge in [-0.15, -0.1) is 0 Å². The lowest BCUT2D eigenvalue weighted by molar-refractivity contribution is 0.456. The first-order chi connectivity index (χ1) is 9.10. The second-order valence-corrected chi connectivity index (χ2v) is 6.35. The van der Waals surface area contributed by atoms with E-state index in [0.29, 0.717) is 6.04 Å². The molecule has 19 heavy (non-hydrogen) atoms. The molecule has 2 nitrogen and oxygen atoms in total. The number of nitrogens with one attached hydrogen (secondary N) is 1. The first-order valence-electron chi connectivity index (χ1n) is 6.37. The van der Waals surface area contributed by atoms with Crippen molar-refractivity contribution in [2.45, 2.75) is 32.9 Å². The predicted octanol–water partition coefficient (Wildman–Crippen LogP) is 5.36. The molecule has 0 aliphatic heterocycles. The van der Waals surface area contributed by atoms with Gasteiger partial charge in [0.05, 0.1) is 6.54 Å². The minimum atomic E-state index is 0.507. The van der Waals surface area contributed by atoms with Crippen LogP contribution in [0.5, 0.6) is 0 Å². The van der Waals surface area contributed by atoms with Gasteiger partial charge in [0.25, 0.3) is 0 Å². The minimum absolute atomic E-state index is 0.507. The van der Waals surface area contributed by atoms with Gasteiger partial charge in [0.1, 0.15) is 11.5 Å². The van der Waals surface area contributed by atoms with E-state index in [4.69, 9.17) is 4.42 Å². The highest BCUT2D eigenvalue weighted by Crippen LogP contribution is 2.31. The Morgan fingerprint density at radius 3 is 2.68 bits per heavy atom. The summed E-state index contributed by atoms with van der Waals surface area (Å²) in [5, 5.41) is 3.42. The third-order valence-electron chi connectivity index (χ3n) is 3.10. The van der Waals surface area contributed by atoms with Gasteiger partial charge in [-0.25, -0.2) is 0 Å². The van der Waals surface area contributed by atoms with Crippen LogP contribution in [0.2, 0.25) is 0 Å². The SMILES string of the molecule is CC[C@H](C)NCc1ccc(-c2ccc(Br)cc2Br)o1. The van der Waals surface area contributed by atoms with E-state index >= 15 is 0 Å². The Labute approximate surface area is 130 Å². The molecule has 0 spiro atoms. The monoisotopic (exact) mass is 385 g/mol. The van der Waals surface area contributed by atoms with Crippen molar-refractivity contribution in [2.75, 3.05) is 0 Å². The van der Waals surface area contributed by atoms with E-state index in [2.05, 4.69) is 51.0 Å². The lowest BCUT2D eigenvalue weighted by atomic mass is 10.2. The van der Waals surface area contributed by atoms with Crippen LogP contribution in [0, 0.1) is 0 Å². The summed E-state index contributed by atoms with van der Waals surface area (Å²) in [6, 6.07) is 10.6. The molecule has 0 aliphatic rings. The number of hydrogen-bond donors (Lipinski definition) is 1. The van der Waals surface area contributed by atoms with Crippen LogP contribution in [0.3, 0.4) is 0 Å². The molecule has 4 heteroatoms. The van der Waals surface area contributed by atoms with Gasteiger partial charge in [0, 0.05) is 20.6 Å². The van der Waals surface area contributed by atoms with Crippen LogP contribution in [-0.2, 0) is 6.54 Å². The highest BCUT2D eigenvalue weighted by atomic mass is 79.9. The fourth-order valence-electron chi connectivity index (χ4n) is 1.73. The summed E-state index contributed by atoms with van der Waals surface area (Å²) in [6.07, 6.45) is 1.12. The first-order valence-corrected chi connectivity index (χ1v) is 7.96. The molecule has 0 radical (unpaired) electrons. The lowest BCUT2D eigenvalue weighted by Crippen LogP contribution is -2.24. The predicted molar refractivity (Wildman–Crippen MR) is 86.1 cm³/mol. The van der Waals surface area contributed by atoms with Crippen molar-refractivity contribution >= 4 is 31.9 Å². The van der Waals surface area contributed by atoms with Crippen molar-refractivity contribution in [2.24, 2.45) is 0 Å². The zero-order valence-electron chi connectivity index (χ0n) is 11.0. The summed E-state index contributed by atoms with van der Waals surface area (Å²) in [5.41, 5.74) is 1.07. The number of rotatable bonds is 5. The zero-order valence-corrected chi connectivity index (χ0v) is 14.2. The van der Waals surface area contributed by atoms with Crippen molar-refractivity contribution in [3.63, 3.8) is 0 Å². The van der Waals surface area contributed by atoms with Crippen molar-refractivity contribution in [1.29, 1.82) is 0 Å². The molecule has 0 amide bonds. The lowest BCUT2D eigenvalue weighted by Gasteiger charge is -2.09. The van der Waals surface area contributed by atoms with Gasteiger partial charge in [0.15, 0.2) is 0 Å². The molecule has 0 saturated heterocycles. The average molecular weight is 387 g/mol. The molecule has 2 rings (SSSR count). The highest BCUT2D eigenvalue weighted by molar-refractivity contribution is 9.11. The number of benzene rings is 1. The zero-order chi connectivity index (χ0) is 13.8. The maximum absolute atomic E-state index is 5.88. The van der Waals surface area contributed by atoms with Crippen LogP contribution in [0.1, 0.15) is 26.0 Å². The molecule has 0 aliphatic carbocycles. The Morgan fingerprint density at radius 1 is 1.21 bits per heavy atom. The van der Waals surface area contributed by atoms with Crippen LogP contribution in [-0.4, -0.2) is 6.04 Å². The van der Waals surface area contributed by atoms with Crippen molar-refractivity contribution in [1.82, 2.24) is 5.32 Å². The van der Waals surface area contributed by atoms with E-state index in [1.54, 1.807) is 0 Å². The fourth-order valence-corrected chi connectivity index (χ4v) is 2.97. The van der Waals surface area contributed by atoms with Crippen LogP contribution in [0.4, 0.5) is 0 Å². The molecule has 102 valence electrons. The summed E-state index contributed by atoms with van der Waals surface area (Å²) in [4.78, 5) is 0. The van der Waals surface area contributed by atoms with Crippen LogP contribution < -0.4 is 5.32 Å². The third kappa shape index (κ3) is 3.94. The standard InChI is InChI=1S/C15H17Br2NO/c1-3-10(2)18-9-12-5-7-15(19-12)13-6-4-11(16)8-14(13)17/h4-8,10,18H,3,9H2,1-2H3/t10-/m0/s1. The molecule has 0 unspecified atom stereocenters. The Morgan fingerprint density at radius 2 is 2.00 bits per heavy atom. The van der Waals surface area contributed by atoms with Crippen molar-refractivity contribution < 1.29 is 4.42 Å². The van der Waals surface area contributed by atoms with E-state index in [-0.39, 0.29) is 0 Å². The Balaban J connectivity index is 2.12. The smallest absolute Gasteiger partial charge is 0.135 e. The molecule has 1 heterocycles. The summed E-state index contributed by atoms with van der Waals surface area (Å²) in [6.45, 7) is 5.11. The second-order valence-electron chi connectivity index (χ2n) is 4.58. The normalized spacial score (nSPS) is 12.6. The quantitative estimate of drug-likeness (QED) is 0.748. The Bertz CT molecular complexity index is 551. The molecule has 1 N–H and O–H groups in total. The molecule has 2 aromatic rings. The van der Waals surface area contributed by atoms with Gasteiger partial charge in [-0.1, -0.05) is 22.9 Å². The number of furan rings is 1. The summed E-state index contributed by atoms with van der Waals surface area (Å²) < 4.78 is 7.95. The first kappa shape index (κ1) is 14.8. The second kappa shape index (κ2) is 6.73. The molecule has 1 aromatic carbocycles. The van der Waals surface area contributed by atoms with Gasteiger partial charge >= 0.3 is 0 Å². The number of halogens is 2. The van der Waals surface area contributed by atoms with E-state index in [0.717, 1.165) is 39.0 Å². The van der Waals surface area contributed by atoms with Crippen molar-refractivity contribution in [3.05, 3.63) is 45.0 Å². The summed E-state index contributed by atoms with van der Waals surface area (Å²) >= 11 is 7.01. The number of hydrogen-bond acceptors (Lipinski definition) is 2. The molecule has 0 fully saturated rings. The minimum Gasteiger partial charge on any atom is -0.460 e. The molecule has 0 bridgehead atoms. The third-order valence-corrected chi connectivity index (χ3v) is 4.24. The summed E-state index contributed by atoms with van der Waals surface area (Å²) in [5.74, 6) is 1.85. The maximum atomic E-state index is 5.88. The van der Waals surface area contributed by atoms with E-state index in [1.165, 1.54) is 0 Å². The maximum Gasteiger partial charge on any atom is 0.135 e. The molecular formula is C15H17Br2NO. The van der Waals surface area contributed by atoms with Gasteiger partial charge in [-0.3, -0.25) is 0 Å². The van der Waals surface area contributed by atoms with E-state index in [9.17, 15) is 0 Å². The topological polar surface area (TPSA) is 25.2 Å². The molecule has 1 atom stereocenters. The van der Waals surface area contributed by atoms with E-state index < -0.39 is 0 Å². The Kier molecular flexibility index (Phi) is 5.25. The van der Waals surface area contributed by atoms with Gasteiger partial charge < -0.3 is 9.73 Å². The van der Waals surface area contributed by atoms with Crippen molar-refractivity contribution in [3.8, 4) is 11.3 Å².